The molecule has 1 aliphatic rings. The van der Waals surface area contributed by atoms with Crippen molar-refractivity contribution in [1.82, 2.24) is 9.88 Å². The molecule has 3 rings (SSSR count). The Hall–Kier alpha value is -2.81. The van der Waals surface area contributed by atoms with Gasteiger partial charge in [-0.05, 0) is 19.8 Å². The highest BCUT2D eigenvalue weighted by Crippen LogP contribution is 2.32. The van der Waals surface area contributed by atoms with E-state index in [9.17, 15) is 24.8 Å². The summed E-state index contributed by atoms with van der Waals surface area (Å²) in [6.45, 7) is 1.90. The Morgan fingerprint density at radius 1 is 1.44 bits per heavy atom. The molecule has 1 aromatic carbocycles. The fourth-order valence-electron chi connectivity index (χ4n) is 2.91. The number of nitro groups is 1. The Labute approximate surface area is 146 Å². The van der Waals surface area contributed by atoms with Crippen LogP contribution in [0.4, 0.5) is 5.69 Å². The summed E-state index contributed by atoms with van der Waals surface area (Å²) >= 11 is 1.19. The predicted octanol–water partition coefficient (Wildman–Crippen LogP) is 2.80. The molecule has 1 saturated heterocycles. The summed E-state index contributed by atoms with van der Waals surface area (Å²) in [5, 5.41) is 22.3. The molecule has 1 unspecified atom stereocenters. The van der Waals surface area contributed by atoms with Crippen LogP contribution in [0.15, 0.2) is 29.6 Å². The van der Waals surface area contributed by atoms with Gasteiger partial charge in [0.2, 0.25) is 0 Å². The van der Waals surface area contributed by atoms with Crippen molar-refractivity contribution in [3.63, 3.8) is 0 Å². The van der Waals surface area contributed by atoms with Crippen LogP contribution in [0.2, 0.25) is 0 Å². The minimum atomic E-state index is -1.23. The second-order valence-corrected chi connectivity index (χ2v) is 6.84. The van der Waals surface area contributed by atoms with E-state index < -0.39 is 22.3 Å². The summed E-state index contributed by atoms with van der Waals surface area (Å²) in [7, 11) is 0. The summed E-state index contributed by atoms with van der Waals surface area (Å²) in [5.41, 5.74) is -0.591. The Balaban J connectivity index is 1.89. The number of hydrogen-bond acceptors (Lipinski definition) is 6. The van der Waals surface area contributed by atoms with Gasteiger partial charge in [-0.1, -0.05) is 12.1 Å². The maximum absolute atomic E-state index is 12.7. The van der Waals surface area contributed by atoms with Gasteiger partial charge < -0.3 is 10.0 Å². The minimum Gasteiger partial charge on any atom is -0.480 e. The SMILES string of the molecule is CC1(C(=O)O)CCCN1C(=O)c1csc(-c2cccc([N+](=O)[O-])c2)n1. The molecule has 0 radical (unpaired) electrons. The Morgan fingerprint density at radius 3 is 2.88 bits per heavy atom. The van der Waals surface area contributed by atoms with Crippen molar-refractivity contribution in [2.75, 3.05) is 6.54 Å². The van der Waals surface area contributed by atoms with Crippen LogP contribution in [0.25, 0.3) is 10.6 Å². The standard InChI is InChI=1S/C16H15N3O5S/c1-16(15(21)22)6-3-7-18(16)14(20)12-9-25-13(17-12)10-4-2-5-11(8-10)19(23)24/h2,4-5,8-9H,3,6-7H2,1H3,(H,21,22). The van der Waals surface area contributed by atoms with Crippen LogP contribution in [-0.4, -0.2) is 43.9 Å². The molecule has 1 amide bonds. The van der Waals surface area contributed by atoms with E-state index in [-0.39, 0.29) is 11.4 Å². The highest BCUT2D eigenvalue weighted by molar-refractivity contribution is 7.13. The van der Waals surface area contributed by atoms with Crippen LogP contribution in [0.5, 0.6) is 0 Å². The molecule has 0 bridgehead atoms. The van der Waals surface area contributed by atoms with Gasteiger partial charge in [-0.25, -0.2) is 9.78 Å². The number of carbonyl (C=O) groups is 2. The van der Waals surface area contributed by atoms with Crippen LogP contribution in [0, 0.1) is 10.1 Å². The Morgan fingerprint density at radius 2 is 2.20 bits per heavy atom. The molecule has 0 saturated carbocycles. The molecule has 25 heavy (non-hydrogen) atoms. The molecule has 9 heteroatoms. The van der Waals surface area contributed by atoms with E-state index in [1.165, 1.54) is 35.3 Å². The van der Waals surface area contributed by atoms with E-state index in [4.69, 9.17) is 0 Å². The lowest BCUT2D eigenvalue weighted by molar-refractivity contribution is -0.384. The fraction of sp³-hybridized carbons (Fsp3) is 0.312. The average molecular weight is 361 g/mol. The van der Waals surface area contributed by atoms with Crippen LogP contribution < -0.4 is 0 Å². The zero-order valence-electron chi connectivity index (χ0n) is 13.3. The van der Waals surface area contributed by atoms with Crippen molar-refractivity contribution in [3.8, 4) is 10.6 Å². The average Bonchev–Trinajstić information content (AvgIpc) is 3.22. The maximum Gasteiger partial charge on any atom is 0.329 e. The van der Waals surface area contributed by atoms with Crippen molar-refractivity contribution in [1.29, 1.82) is 0 Å². The lowest BCUT2D eigenvalue weighted by Crippen LogP contribution is -2.50. The summed E-state index contributed by atoms with van der Waals surface area (Å²) in [6, 6.07) is 6.01. The molecule has 0 spiro atoms. The van der Waals surface area contributed by atoms with Gasteiger partial charge in [-0.15, -0.1) is 11.3 Å². The normalized spacial score (nSPS) is 19.8. The number of carboxylic acid groups (broad SMARTS) is 1. The van der Waals surface area contributed by atoms with Gasteiger partial charge in [0, 0.05) is 29.6 Å². The molecule has 130 valence electrons. The summed E-state index contributed by atoms with van der Waals surface area (Å²) in [5.74, 6) is -1.47. The van der Waals surface area contributed by atoms with Crippen LogP contribution in [-0.2, 0) is 4.79 Å². The van der Waals surface area contributed by atoms with Crippen molar-refractivity contribution >= 4 is 28.9 Å². The number of nitrogens with zero attached hydrogens (tertiary/aromatic N) is 3. The number of benzene rings is 1. The second kappa shape index (κ2) is 6.25. The maximum atomic E-state index is 12.7. The largest absolute Gasteiger partial charge is 0.480 e. The number of non-ortho nitro benzene ring substituents is 1. The van der Waals surface area contributed by atoms with Gasteiger partial charge in [0.25, 0.3) is 11.6 Å². The summed E-state index contributed by atoms with van der Waals surface area (Å²) in [6.07, 6.45) is 1.02. The minimum absolute atomic E-state index is 0.0569. The van der Waals surface area contributed by atoms with Gasteiger partial charge in [-0.3, -0.25) is 14.9 Å². The van der Waals surface area contributed by atoms with Crippen LogP contribution in [0.3, 0.4) is 0 Å². The number of carbonyl (C=O) groups excluding carboxylic acids is 1. The number of aliphatic carboxylic acids is 1. The third-order valence-corrected chi connectivity index (χ3v) is 5.27. The first kappa shape index (κ1) is 17.0. The monoisotopic (exact) mass is 361 g/mol. The van der Waals surface area contributed by atoms with Crippen molar-refractivity contribution in [2.45, 2.75) is 25.3 Å². The molecule has 1 atom stereocenters. The molecule has 2 heterocycles. The van der Waals surface area contributed by atoms with E-state index in [1.807, 2.05) is 0 Å². The molecular formula is C16H15N3O5S. The van der Waals surface area contributed by atoms with Crippen molar-refractivity contribution < 1.29 is 19.6 Å². The quantitative estimate of drug-likeness (QED) is 0.661. The number of likely N-dealkylation sites (tertiary alicyclic amines) is 1. The zero-order valence-corrected chi connectivity index (χ0v) is 14.2. The lowest BCUT2D eigenvalue weighted by Gasteiger charge is -2.30. The number of carboxylic acids is 1. The van der Waals surface area contributed by atoms with E-state index in [0.29, 0.717) is 30.0 Å². The number of nitro benzene ring substituents is 1. The molecule has 0 aliphatic carbocycles. The van der Waals surface area contributed by atoms with Crippen LogP contribution in [0.1, 0.15) is 30.3 Å². The third-order valence-electron chi connectivity index (χ3n) is 4.37. The predicted molar refractivity (Wildman–Crippen MR) is 90.5 cm³/mol. The zero-order chi connectivity index (χ0) is 18.2. The fourth-order valence-corrected chi connectivity index (χ4v) is 3.70. The number of hydrogen-bond donors (Lipinski definition) is 1. The van der Waals surface area contributed by atoms with Gasteiger partial charge in [0.1, 0.15) is 16.2 Å². The topological polar surface area (TPSA) is 114 Å². The van der Waals surface area contributed by atoms with Gasteiger partial charge in [0.05, 0.1) is 4.92 Å². The molecule has 1 N–H and O–H groups in total. The first-order valence-electron chi connectivity index (χ1n) is 7.58. The van der Waals surface area contributed by atoms with E-state index >= 15 is 0 Å². The Bertz CT molecular complexity index is 865. The lowest BCUT2D eigenvalue weighted by atomic mass is 9.99. The second-order valence-electron chi connectivity index (χ2n) is 5.98. The van der Waals surface area contributed by atoms with Gasteiger partial charge >= 0.3 is 5.97 Å². The van der Waals surface area contributed by atoms with E-state index in [1.54, 1.807) is 17.5 Å². The van der Waals surface area contributed by atoms with E-state index in [0.717, 1.165) is 0 Å². The van der Waals surface area contributed by atoms with Gasteiger partial charge in [0.15, 0.2) is 0 Å². The highest BCUT2D eigenvalue weighted by Gasteiger charge is 2.46. The van der Waals surface area contributed by atoms with E-state index in [2.05, 4.69) is 4.98 Å². The molecule has 1 aromatic heterocycles. The van der Waals surface area contributed by atoms with Crippen molar-refractivity contribution in [2.24, 2.45) is 0 Å². The summed E-state index contributed by atoms with van der Waals surface area (Å²) < 4.78 is 0. The number of aromatic nitrogens is 1. The number of thiazole rings is 1. The first-order chi connectivity index (χ1) is 11.8. The third kappa shape index (κ3) is 2.98. The van der Waals surface area contributed by atoms with Crippen molar-refractivity contribution in [3.05, 3.63) is 45.5 Å². The first-order valence-corrected chi connectivity index (χ1v) is 8.46. The molecule has 2 aromatic rings. The number of amides is 1. The molecule has 1 aliphatic heterocycles. The highest BCUT2D eigenvalue weighted by atomic mass is 32.1. The van der Waals surface area contributed by atoms with Crippen LogP contribution >= 0.6 is 11.3 Å². The molecule has 8 nitrogen and oxygen atoms in total. The van der Waals surface area contributed by atoms with Gasteiger partial charge in [-0.2, -0.15) is 0 Å². The molecular weight excluding hydrogens is 346 g/mol. The summed E-state index contributed by atoms with van der Waals surface area (Å²) in [4.78, 5) is 40.2. The smallest absolute Gasteiger partial charge is 0.329 e. The Kier molecular flexibility index (Phi) is 4.25. The number of rotatable bonds is 4. The molecule has 1 fully saturated rings.